The van der Waals surface area contributed by atoms with Gasteiger partial charge in [-0.25, -0.2) is 0 Å². The second-order valence-electron chi connectivity index (χ2n) is 7.50. The summed E-state index contributed by atoms with van der Waals surface area (Å²) in [6.45, 7) is 6.50. The van der Waals surface area contributed by atoms with Crippen molar-refractivity contribution in [1.29, 1.82) is 0 Å². The third-order valence-electron chi connectivity index (χ3n) is 4.64. The first kappa shape index (κ1) is 22.3. The average molecular weight is 411 g/mol. The molecule has 0 aromatic heterocycles. The molecule has 1 saturated heterocycles. The van der Waals surface area contributed by atoms with Crippen molar-refractivity contribution in [3.63, 3.8) is 0 Å². The van der Waals surface area contributed by atoms with Crippen LogP contribution in [0.2, 0.25) is 5.02 Å². The zero-order valence-electron chi connectivity index (χ0n) is 17.1. The van der Waals surface area contributed by atoms with Crippen LogP contribution in [0.1, 0.15) is 56.3 Å². The van der Waals surface area contributed by atoms with E-state index in [1.54, 1.807) is 12.1 Å². The smallest absolute Gasteiger partial charge is 0.251 e. The predicted octanol–water partition coefficient (Wildman–Crippen LogP) is 3.91. The predicted molar refractivity (Wildman–Crippen MR) is 110 cm³/mol. The lowest BCUT2D eigenvalue weighted by atomic mass is 10.1. The van der Waals surface area contributed by atoms with Crippen LogP contribution in [-0.2, 0) is 4.79 Å². The summed E-state index contributed by atoms with van der Waals surface area (Å²) in [6.07, 6.45) is 4.77. The average Bonchev–Trinajstić information content (AvgIpc) is 2.95. The summed E-state index contributed by atoms with van der Waals surface area (Å²) in [4.78, 5) is 26.7. The Morgan fingerprint density at radius 2 is 1.86 bits per heavy atom. The SMILES string of the molecule is COc1cc(C(=O)NCCC(=O)N2CCCCCC2)cc(Cl)c1OCC(C)C. The third-order valence-corrected chi connectivity index (χ3v) is 4.92. The number of carbonyl (C=O) groups excluding carboxylic acids is 2. The molecule has 28 heavy (non-hydrogen) atoms. The summed E-state index contributed by atoms with van der Waals surface area (Å²) < 4.78 is 11.0. The van der Waals surface area contributed by atoms with Crippen molar-refractivity contribution in [1.82, 2.24) is 10.2 Å². The molecule has 1 N–H and O–H groups in total. The number of likely N-dealkylation sites (tertiary alicyclic amines) is 1. The van der Waals surface area contributed by atoms with Crippen molar-refractivity contribution in [2.75, 3.05) is 33.4 Å². The van der Waals surface area contributed by atoms with Crippen LogP contribution in [0.25, 0.3) is 0 Å². The molecule has 0 saturated carbocycles. The number of nitrogens with one attached hydrogen (secondary N) is 1. The molecule has 1 aliphatic rings. The Bertz CT molecular complexity index is 671. The number of hydrogen-bond acceptors (Lipinski definition) is 4. The van der Waals surface area contributed by atoms with E-state index in [1.165, 1.54) is 20.0 Å². The Hall–Kier alpha value is -1.95. The summed E-state index contributed by atoms with van der Waals surface area (Å²) in [7, 11) is 1.51. The van der Waals surface area contributed by atoms with Crippen molar-refractivity contribution in [3.05, 3.63) is 22.7 Å². The minimum atomic E-state index is -0.292. The summed E-state index contributed by atoms with van der Waals surface area (Å²) in [5.41, 5.74) is 0.376. The largest absolute Gasteiger partial charge is 0.493 e. The van der Waals surface area contributed by atoms with Gasteiger partial charge in [-0.05, 0) is 30.9 Å². The van der Waals surface area contributed by atoms with Gasteiger partial charge in [-0.2, -0.15) is 0 Å². The highest BCUT2D eigenvalue weighted by Crippen LogP contribution is 2.36. The molecule has 1 fully saturated rings. The van der Waals surface area contributed by atoms with Crippen LogP contribution in [0.15, 0.2) is 12.1 Å². The van der Waals surface area contributed by atoms with E-state index in [-0.39, 0.29) is 11.8 Å². The highest BCUT2D eigenvalue weighted by atomic mass is 35.5. The molecule has 156 valence electrons. The highest BCUT2D eigenvalue weighted by Gasteiger charge is 2.18. The number of hydrogen-bond donors (Lipinski definition) is 1. The first-order chi connectivity index (χ1) is 13.4. The summed E-state index contributed by atoms with van der Waals surface area (Å²) in [6, 6.07) is 3.17. The van der Waals surface area contributed by atoms with Gasteiger partial charge in [0, 0.05) is 31.6 Å². The van der Waals surface area contributed by atoms with Crippen LogP contribution >= 0.6 is 11.6 Å². The van der Waals surface area contributed by atoms with Gasteiger partial charge in [-0.15, -0.1) is 0 Å². The van der Waals surface area contributed by atoms with E-state index in [2.05, 4.69) is 5.32 Å². The van der Waals surface area contributed by atoms with Crippen LogP contribution in [0.3, 0.4) is 0 Å². The fraction of sp³-hybridized carbons (Fsp3) is 0.619. The lowest BCUT2D eigenvalue weighted by Crippen LogP contribution is -2.35. The Kier molecular flexibility index (Phi) is 8.90. The number of amides is 2. The quantitative estimate of drug-likeness (QED) is 0.705. The molecule has 0 radical (unpaired) electrons. The van der Waals surface area contributed by atoms with Crippen LogP contribution in [0, 0.1) is 5.92 Å². The first-order valence-electron chi connectivity index (χ1n) is 9.98. The minimum absolute atomic E-state index is 0.0928. The monoisotopic (exact) mass is 410 g/mol. The van der Waals surface area contributed by atoms with E-state index in [9.17, 15) is 9.59 Å². The van der Waals surface area contributed by atoms with Gasteiger partial charge in [0.15, 0.2) is 11.5 Å². The maximum absolute atomic E-state index is 12.5. The van der Waals surface area contributed by atoms with Gasteiger partial charge < -0.3 is 19.7 Å². The van der Waals surface area contributed by atoms with Crippen LogP contribution in [-0.4, -0.2) is 50.1 Å². The van der Waals surface area contributed by atoms with Gasteiger partial charge in [0.25, 0.3) is 5.91 Å². The third kappa shape index (κ3) is 6.59. The lowest BCUT2D eigenvalue weighted by molar-refractivity contribution is -0.131. The number of nitrogens with zero attached hydrogens (tertiary/aromatic N) is 1. The van der Waals surface area contributed by atoms with Crippen molar-refractivity contribution in [2.45, 2.75) is 46.0 Å². The molecule has 0 spiro atoms. The van der Waals surface area contributed by atoms with E-state index in [1.807, 2.05) is 18.7 Å². The van der Waals surface area contributed by atoms with Crippen molar-refractivity contribution < 1.29 is 19.1 Å². The van der Waals surface area contributed by atoms with Gasteiger partial charge >= 0.3 is 0 Å². The van der Waals surface area contributed by atoms with Crippen molar-refractivity contribution in [2.24, 2.45) is 5.92 Å². The molecule has 6 nitrogen and oxygen atoms in total. The molecule has 0 unspecified atom stereocenters. The Labute approximate surface area is 172 Å². The van der Waals surface area contributed by atoms with Gasteiger partial charge in [-0.1, -0.05) is 38.3 Å². The normalized spacial score (nSPS) is 14.5. The van der Waals surface area contributed by atoms with E-state index >= 15 is 0 Å². The summed E-state index contributed by atoms with van der Waals surface area (Å²) >= 11 is 6.30. The number of carbonyl (C=O) groups is 2. The standard InChI is InChI=1S/C21H31ClN2O4/c1-15(2)14-28-20-17(22)12-16(13-18(20)27-3)21(26)23-9-8-19(25)24-10-6-4-5-7-11-24/h12-13,15H,4-11,14H2,1-3H3,(H,23,26). The van der Waals surface area contributed by atoms with E-state index in [0.717, 1.165) is 25.9 Å². The van der Waals surface area contributed by atoms with Crippen LogP contribution in [0.4, 0.5) is 0 Å². The molecule has 2 rings (SSSR count). The number of halogens is 1. The van der Waals surface area contributed by atoms with Gasteiger partial charge in [-0.3, -0.25) is 9.59 Å². The fourth-order valence-corrected chi connectivity index (χ4v) is 3.37. The van der Waals surface area contributed by atoms with Gasteiger partial charge in [0.2, 0.25) is 5.91 Å². The highest BCUT2D eigenvalue weighted by molar-refractivity contribution is 6.32. The zero-order chi connectivity index (χ0) is 20.5. The molecule has 1 aromatic carbocycles. The van der Waals surface area contributed by atoms with Crippen molar-refractivity contribution >= 4 is 23.4 Å². The maximum atomic E-state index is 12.5. The summed E-state index contributed by atoms with van der Waals surface area (Å²) in [5, 5.41) is 3.12. The molecule has 0 aliphatic carbocycles. The summed E-state index contributed by atoms with van der Waals surface area (Å²) in [5.74, 6) is 0.990. The van der Waals surface area contributed by atoms with E-state index in [4.69, 9.17) is 21.1 Å². The second-order valence-corrected chi connectivity index (χ2v) is 7.90. The number of benzene rings is 1. The fourth-order valence-electron chi connectivity index (χ4n) is 3.10. The van der Waals surface area contributed by atoms with Crippen LogP contribution < -0.4 is 14.8 Å². The van der Waals surface area contributed by atoms with E-state index < -0.39 is 0 Å². The molecular weight excluding hydrogens is 380 g/mol. The minimum Gasteiger partial charge on any atom is -0.493 e. The Morgan fingerprint density at radius 1 is 1.18 bits per heavy atom. The number of ether oxygens (including phenoxy) is 2. The Balaban J connectivity index is 1.92. The molecule has 1 aliphatic heterocycles. The molecule has 0 atom stereocenters. The van der Waals surface area contributed by atoms with Crippen LogP contribution in [0.5, 0.6) is 11.5 Å². The topological polar surface area (TPSA) is 67.9 Å². The van der Waals surface area contributed by atoms with E-state index in [0.29, 0.717) is 47.6 Å². The molecule has 1 heterocycles. The van der Waals surface area contributed by atoms with Gasteiger partial charge in [0.05, 0.1) is 18.7 Å². The van der Waals surface area contributed by atoms with Crippen molar-refractivity contribution in [3.8, 4) is 11.5 Å². The van der Waals surface area contributed by atoms with Gasteiger partial charge in [0.1, 0.15) is 0 Å². The number of rotatable bonds is 8. The lowest BCUT2D eigenvalue weighted by Gasteiger charge is -2.20. The zero-order valence-corrected chi connectivity index (χ0v) is 17.8. The molecule has 0 bridgehead atoms. The molecule has 1 aromatic rings. The number of methoxy groups -OCH3 is 1. The first-order valence-corrected chi connectivity index (χ1v) is 10.4. The molecule has 2 amide bonds. The maximum Gasteiger partial charge on any atom is 0.251 e. The molecular formula is C21H31ClN2O4. The molecule has 7 heteroatoms. The second kappa shape index (κ2) is 11.1. The Morgan fingerprint density at radius 3 is 2.46 bits per heavy atom.